The predicted octanol–water partition coefficient (Wildman–Crippen LogP) is 0.796. The average Bonchev–Trinajstić information content (AvgIpc) is 2.24. The van der Waals surface area contributed by atoms with Crippen LogP contribution in [0.5, 0.6) is 0 Å². The Labute approximate surface area is 78.6 Å². The van der Waals surface area contributed by atoms with Crippen molar-refractivity contribution < 1.29 is 0 Å². The smallest absolute Gasteiger partial charge is 0.166 e. The summed E-state index contributed by atoms with van der Waals surface area (Å²) in [6.07, 6.45) is 0. The number of rotatable bonds is 1. The number of benzene rings is 1. The molecule has 13 heavy (non-hydrogen) atoms. The van der Waals surface area contributed by atoms with Crippen molar-refractivity contribution in [2.75, 3.05) is 0 Å². The van der Waals surface area contributed by atoms with Gasteiger partial charge in [0.1, 0.15) is 0 Å². The molecule has 1 aromatic rings. The number of hydrazine groups is 1. The van der Waals surface area contributed by atoms with Crippen LogP contribution < -0.4 is 17.1 Å². The zero-order valence-electron chi connectivity index (χ0n) is 7.99. The summed E-state index contributed by atoms with van der Waals surface area (Å²) in [5.41, 5.74) is 3.27. The first-order valence-corrected chi connectivity index (χ1v) is 4.18. The molecule has 72 valence electrons. The molecule has 0 saturated carbocycles. The number of hydrogen-bond donors (Lipinski definition) is 3. The van der Waals surface area contributed by atoms with Crippen LogP contribution in [0.2, 0.25) is 0 Å². The van der Waals surface area contributed by atoms with Crippen LogP contribution in [0.4, 0.5) is 0 Å². The van der Waals surface area contributed by atoms with Gasteiger partial charge < -0.3 is 11.3 Å². The Morgan fingerprint density at radius 2 is 1.77 bits per heavy atom. The molecular weight excluding hydrogens is 164 g/mol. The highest BCUT2D eigenvalue weighted by molar-refractivity contribution is 5.98. The number of hydrogen-bond acceptors (Lipinski definition) is 3. The quantitative estimate of drug-likeness (QED) is 0.259. The summed E-state index contributed by atoms with van der Waals surface area (Å²) in [4.78, 5) is 0. The molecule has 1 aromatic carbocycles. The molecule has 0 aliphatic rings. The van der Waals surface area contributed by atoms with Gasteiger partial charge in [-0.1, -0.05) is 44.2 Å². The Morgan fingerprint density at radius 1 is 1.23 bits per heavy atom. The number of nitrogens with zero attached hydrogens (tertiary/aromatic N) is 1. The van der Waals surface area contributed by atoms with Gasteiger partial charge >= 0.3 is 0 Å². The summed E-state index contributed by atoms with van der Waals surface area (Å²) in [5.74, 6) is 10.7. The Bertz CT molecular complexity index is 243. The first-order valence-electron chi connectivity index (χ1n) is 4.18. The van der Waals surface area contributed by atoms with Crippen LogP contribution in [0.3, 0.4) is 0 Å². The minimum Gasteiger partial charge on any atom is -0.321 e. The molecule has 0 aromatic heterocycles. The maximum atomic E-state index is 5.15. The summed E-state index contributed by atoms with van der Waals surface area (Å²) in [7, 11) is 0. The van der Waals surface area contributed by atoms with E-state index in [9.17, 15) is 0 Å². The monoisotopic (exact) mass is 180 g/mol. The highest BCUT2D eigenvalue weighted by atomic mass is 15.3. The van der Waals surface area contributed by atoms with E-state index in [0.717, 1.165) is 5.56 Å². The van der Waals surface area contributed by atoms with Gasteiger partial charge in [-0.25, -0.2) is 5.84 Å². The van der Waals surface area contributed by atoms with Gasteiger partial charge in [-0.3, -0.25) is 0 Å². The largest absolute Gasteiger partial charge is 0.321 e. The fraction of sp³-hybridized carbons (Fsp3) is 0.222. The number of nitrogens with one attached hydrogen (secondary N) is 1. The minimum absolute atomic E-state index is 0.477. The molecule has 0 unspecified atom stereocenters. The number of amidine groups is 1. The lowest BCUT2D eigenvalue weighted by atomic mass is 10.2. The SMILES string of the molecule is CC.N/N=C(\NN)c1ccccc1. The Morgan fingerprint density at radius 3 is 2.15 bits per heavy atom. The fourth-order valence-corrected chi connectivity index (χ4v) is 0.791. The van der Waals surface area contributed by atoms with Crippen molar-refractivity contribution in [3.8, 4) is 0 Å². The van der Waals surface area contributed by atoms with Crippen molar-refractivity contribution in [1.29, 1.82) is 0 Å². The summed E-state index contributed by atoms with van der Waals surface area (Å²) < 4.78 is 0. The van der Waals surface area contributed by atoms with Gasteiger partial charge in [0.05, 0.1) is 0 Å². The van der Waals surface area contributed by atoms with Crippen molar-refractivity contribution in [2.45, 2.75) is 13.8 Å². The van der Waals surface area contributed by atoms with E-state index < -0.39 is 0 Å². The molecule has 4 nitrogen and oxygen atoms in total. The van der Waals surface area contributed by atoms with Crippen LogP contribution in [0.15, 0.2) is 35.4 Å². The third-order valence-electron chi connectivity index (χ3n) is 1.31. The minimum atomic E-state index is 0.477. The first kappa shape index (κ1) is 11.4. The van der Waals surface area contributed by atoms with Crippen molar-refractivity contribution >= 4 is 5.84 Å². The molecule has 5 N–H and O–H groups in total. The molecule has 4 heteroatoms. The first-order chi connectivity index (χ1) is 6.38. The van der Waals surface area contributed by atoms with Crippen LogP contribution in [0.1, 0.15) is 19.4 Å². The number of nitrogens with two attached hydrogens (primary N) is 2. The van der Waals surface area contributed by atoms with Crippen LogP contribution in [-0.2, 0) is 0 Å². The van der Waals surface area contributed by atoms with Gasteiger partial charge in [0, 0.05) is 5.56 Å². The molecule has 0 spiro atoms. The molecule has 0 atom stereocenters. The van der Waals surface area contributed by atoms with Crippen LogP contribution in [0.25, 0.3) is 0 Å². The topological polar surface area (TPSA) is 76.4 Å². The van der Waals surface area contributed by atoms with Gasteiger partial charge in [-0.15, -0.1) is 0 Å². The number of hydrazone groups is 1. The van der Waals surface area contributed by atoms with E-state index in [1.807, 2.05) is 44.2 Å². The summed E-state index contributed by atoms with van der Waals surface area (Å²) in [6.45, 7) is 4.00. The molecule has 1 rings (SSSR count). The van der Waals surface area contributed by atoms with Crippen molar-refractivity contribution in [3.05, 3.63) is 35.9 Å². The third-order valence-corrected chi connectivity index (χ3v) is 1.31. The Kier molecular flexibility index (Phi) is 6.27. The van der Waals surface area contributed by atoms with E-state index in [2.05, 4.69) is 10.5 Å². The highest BCUT2D eigenvalue weighted by Crippen LogP contribution is 1.96. The van der Waals surface area contributed by atoms with Gasteiger partial charge in [-0.2, -0.15) is 5.10 Å². The summed E-state index contributed by atoms with van der Waals surface area (Å²) in [5, 5.41) is 3.46. The predicted molar refractivity (Wildman–Crippen MR) is 55.8 cm³/mol. The van der Waals surface area contributed by atoms with Gasteiger partial charge in [0.15, 0.2) is 5.84 Å². The molecule has 0 fully saturated rings. The average molecular weight is 180 g/mol. The third kappa shape index (κ3) is 3.57. The molecule has 0 heterocycles. The molecular formula is C9H16N4. The normalized spacial score (nSPS) is 9.92. The second-order valence-corrected chi connectivity index (χ2v) is 1.99. The summed E-state index contributed by atoms with van der Waals surface area (Å²) >= 11 is 0. The fourth-order valence-electron chi connectivity index (χ4n) is 0.791. The second-order valence-electron chi connectivity index (χ2n) is 1.99. The lowest BCUT2D eigenvalue weighted by Gasteiger charge is -2.01. The molecule has 0 saturated heterocycles. The van der Waals surface area contributed by atoms with Crippen molar-refractivity contribution in [1.82, 2.24) is 5.43 Å². The zero-order valence-corrected chi connectivity index (χ0v) is 7.99. The molecule has 0 radical (unpaired) electrons. The van der Waals surface area contributed by atoms with E-state index in [4.69, 9.17) is 11.7 Å². The van der Waals surface area contributed by atoms with Crippen LogP contribution in [-0.4, -0.2) is 5.84 Å². The van der Waals surface area contributed by atoms with Gasteiger partial charge in [0.2, 0.25) is 0 Å². The molecule has 0 bridgehead atoms. The van der Waals surface area contributed by atoms with E-state index in [1.165, 1.54) is 0 Å². The Balaban J connectivity index is 0.000000671. The Hall–Kier alpha value is -1.55. The zero-order chi connectivity index (χ0) is 10.1. The van der Waals surface area contributed by atoms with Gasteiger partial charge in [-0.05, 0) is 0 Å². The molecule has 0 aliphatic heterocycles. The highest BCUT2D eigenvalue weighted by Gasteiger charge is 1.96. The molecule has 0 aliphatic carbocycles. The standard InChI is InChI=1S/C7H10N4.C2H6/c8-10-7(11-9)6-4-2-1-3-5-6;1-2/h1-5H,8-9H2,(H,10,11);1-2H3. The van der Waals surface area contributed by atoms with E-state index >= 15 is 0 Å². The van der Waals surface area contributed by atoms with Crippen LogP contribution >= 0.6 is 0 Å². The lowest BCUT2D eigenvalue weighted by molar-refractivity contribution is 1.00. The maximum absolute atomic E-state index is 5.15. The van der Waals surface area contributed by atoms with E-state index in [-0.39, 0.29) is 0 Å². The lowest BCUT2D eigenvalue weighted by Crippen LogP contribution is -2.31. The van der Waals surface area contributed by atoms with E-state index in [1.54, 1.807) is 0 Å². The molecule has 0 amide bonds. The van der Waals surface area contributed by atoms with Crippen LogP contribution in [0, 0.1) is 0 Å². The van der Waals surface area contributed by atoms with Gasteiger partial charge in [0.25, 0.3) is 0 Å². The second kappa shape index (κ2) is 7.12. The van der Waals surface area contributed by atoms with Crippen molar-refractivity contribution in [3.63, 3.8) is 0 Å². The summed E-state index contributed by atoms with van der Waals surface area (Å²) in [6, 6.07) is 9.42. The van der Waals surface area contributed by atoms with E-state index in [0.29, 0.717) is 5.84 Å². The van der Waals surface area contributed by atoms with Crippen molar-refractivity contribution in [2.24, 2.45) is 16.8 Å². The maximum Gasteiger partial charge on any atom is 0.166 e.